The van der Waals surface area contributed by atoms with Crippen LogP contribution in [-0.2, 0) is 11.8 Å². The largest absolute Gasteiger partial charge is 0.326 e. The lowest BCUT2D eigenvalue weighted by Gasteiger charge is -2.09. The number of amides is 2. The number of aryl methyl sites for hydroxylation is 2. The predicted octanol–water partition coefficient (Wildman–Crippen LogP) is 3.15. The summed E-state index contributed by atoms with van der Waals surface area (Å²) in [5.74, 6) is -0.472. The number of thiophene rings is 1. The van der Waals surface area contributed by atoms with Crippen molar-refractivity contribution in [1.82, 2.24) is 9.55 Å². The fourth-order valence-electron chi connectivity index (χ4n) is 2.54. The maximum atomic E-state index is 12.6. The normalized spacial score (nSPS) is 11.0. The van der Waals surface area contributed by atoms with Crippen molar-refractivity contribution in [2.45, 2.75) is 20.8 Å². The van der Waals surface area contributed by atoms with E-state index in [1.807, 2.05) is 13.8 Å². The Morgan fingerprint density at radius 2 is 1.70 bits per heavy atom. The molecular weight excluding hydrogens is 364 g/mol. The van der Waals surface area contributed by atoms with E-state index >= 15 is 0 Å². The summed E-state index contributed by atoms with van der Waals surface area (Å²) in [6.45, 7) is 5.39. The molecule has 1 aromatic carbocycles. The summed E-state index contributed by atoms with van der Waals surface area (Å²) in [5.41, 5.74) is 1.72. The zero-order chi connectivity index (χ0) is 19.7. The van der Waals surface area contributed by atoms with Crippen molar-refractivity contribution in [1.29, 1.82) is 0 Å². The van der Waals surface area contributed by atoms with E-state index in [-0.39, 0.29) is 23.3 Å². The molecule has 2 heterocycles. The van der Waals surface area contributed by atoms with Crippen LogP contribution in [0.5, 0.6) is 0 Å². The minimum Gasteiger partial charge on any atom is -0.326 e. The molecule has 0 atom stereocenters. The van der Waals surface area contributed by atoms with Gasteiger partial charge < -0.3 is 15.2 Å². The number of anilines is 2. The molecule has 0 unspecified atom stereocenters. The van der Waals surface area contributed by atoms with Crippen LogP contribution in [-0.4, -0.2) is 21.4 Å². The van der Waals surface area contributed by atoms with Gasteiger partial charge in [0.1, 0.15) is 4.83 Å². The molecular formula is C19H20N4O3S. The highest BCUT2D eigenvalue weighted by molar-refractivity contribution is 7.20. The summed E-state index contributed by atoms with van der Waals surface area (Å²) < 4.78 is 1.40. The smallest absolute Gasteiger partial charge is 0.266 e. The molecule has 0 saturated heterocycles. The van der Waals surface area contributed by atoms with Gasteiger partial charge in [0, 0.05) is 24.3 Å². The lowest BCUT2D eigenvalue weighted by Crippen LogP contribution is -2.18. The van der Waals surface area contributed by atoms with E-state index in [2.05, 4.69) is 15.6 Å². The van der Waals surface area contributed by atoms with E-state index in [0.717, 1.165) is 0 Å². The number of hydrogen-bond acceptors (Lipinski definition) is 5. The van der Waals surface area contributed by atoms with Crippen molar-refractivity contribution < 1.29 is 9.59 Å². The number of fused-ring (bicyclic) bond motifs is 1. The van der Waals surface area contributed by atoms with Gasteiger partial charge in [-0.25, -0.2) is 4.98 Å². The third-order valence-corrected chi connectivity index (χ3v) is 5.35. The minimum absolute atomic E-state index is 0.0678. The highest BCUT2D eigenvalue weighted by Crippen LogP contribution is 2.27. The van der Waals surface area contributed by atoms with Crippen LogP contribution in [0.15, 0.2) is 35.4 Å². The number of carbonyl (C=O) groups is 2. The van der Waals surface area contributed by atoms with Gasteiger partial charge in [-0.2, -0.15) is 0 Å². The van der Waals surface area contributed by atoms with Crippen molar-refractivity contribution in [3.8, 4) is 0 Å². The SMILES string of the molecule is Cc1c(C(=O)Nc2ccc(NC(=O)C(C)C)cc2)sc2ncn(C)c(=O)c12. The Morgan fingerprint density at radius 3 is 2.30 bits per heavy atom. The Labute approximate surface area is 160 Å². The van der Waals surface area contributed by atoms with Crippen LogP contribution in [0.25, 0.3) is 10.2 Å². The molecule has 0 fully saturated rings. The Kier molecular flexibility index (Phi) is 5.09. The van der Waals surface area contributed by atoms with Gasteiger partial charge in [0.05, 0.1) is 16.6 Å². The molecule has 0 aliphatic carbocycles. The van der Waals surface area contributed by atoms with Crippen molar-refractivity contribution in [3.63, 3.8) is 0 Å². The zero-order valence-corrected chi connectivity index (χ0v) is 16.3. The van der Waals surface area contributed by atoms with Gasteiger partial charge in [-0.1, -0.05) is 13.8 Å². The summed E-state index contributed by atoms with van der Waals surface area (Å²) in [6, 6.07) is 6.89. The standard InChI is InChI=1S/C19H20N4O3S/c1-10(2)16(24)21-12-5-7-13(8-6-12)22-17(25)15-11(3)14-18(27-15)20-9-23(4)19(14)26/h5-10H,1-4H3,(H,21,24)(H,22,25). The number of nitrogens with one attached hydrogen (secondary N) is 2. The summed E-state index contributed by atoms with van der Waals surface area (Å²) >= 11 is 1.20. The number of benzene rings is 1. The molecule has 140 valence electrons. The molecule has 0 aliphatic heterocycles. The average Bonchev–Trinajstić information content (AvgIpc) is 2.97. The number of rotatable bonds is 4. The van der Waals surface area contributed by atoms with Gasteiger partial charge >= 0.3 is 0 Å². The molecule has 3 rings (SSSR count). The van der Waals surface area contributed by atoms with Crippen LogP contribution in [0.3, 0.4) is 0 Å². The van der Waals surface area contributed by atoms with Gasteiger partial charge in [-0.15, -0.1) is 11.3 Å². The topological polar surface area (TPSA) is 93.1 Å². The number of carbonyl (C=O) groups excluding carboxylic acids is 2. The second-order valence-electron chi connectivity index (χ2n) is 6.57. The maximum Gasteiger partial charge on any atom is 0.266 e. The molecule has 0 radical (unpaired) electrons. The Morgan fingerprint density at radius 1 is 1.11 bits per heavy atom. The van der Waals surface area contributed by atoms with Crippen molar-refractivity contribution in [2.75, 3.05) is 10.6 Å². The molecule has 8 heteroatoms. The fraction of sp³-hybridized carbons (Fsp3) is 0.263. The summed E-state index contributed by atoms with van der Waals surface area (Å²) in [4.78, 5) is 41.9. The van der Waals surface area contributed by atoms with Crippen LogP contribution < -0.4 is 16.2 Å². The van der Waals surface area contributed by atoms with Crippen molar-refractivity contribution in [3.05, 3.63) is 51.4 Å². The Hall–Kier alpha value is -3.00. The van der Waals surface area contributed by atoms with E-state index in [4.69, 9.17) is 0 Å². The molecule has 7 nitrogen and oxygen atoms in total. The first kappa shape index (κ1) is 18.8. The van der Waals surface area contributed by atoms with E-state index < -0.39 is 0 Å². The number of hydrogen-bond donors (Lipinski definition) is 2. The van der Waals surface area contributed by atoms with Crippen LogP contribution >= 0.6 is 11.3 Å². The maximum absolute atomic E-state index is 12.6. The van der Waals surface area contributed by atoms with Gasteiger partial charge in [0.2, 0.25) is 5.91 Å². The molecule has 0 saturated carbocycles. The van der Waals surface area contributed by atoms with E-state index in [1.165, 1.54) is 22.2 Å². The molecule has 2 aromatic heterocycles. The van der Waals surface area contributed by atoms with E-state index in [0.29, 0.717) is 32.0 Å². The fourth-order valence-corrected chi connectivity index (χ4v) is 3.57. The van der Waals surface area contributed by atoms with Gasteiger partial charge in [-0.05, 0) is 36.8 Å². The lowest BCUT2D eigenvalue weighted by atomic mass is 10.2. The molecule has 27 heavy (non-hydrogen) atoms. The highest BCUT2D eigenvalue weighted by atomic mass is 32.1. The molecule has 2 N–H and O–H groups in total. The zero-order valence-electron chi connectivity index (χ0n) is 15.5. The predicted molar refractivity (Wildman–Crippen MR) is 107 cm³/mol. The lowest BCUT2D eigenvalue weighted by molar-refractivity contribution is -0.118. The quantitative estimate of drug-likeness (QED) is 0.723. The van der Waals surface area contributed by atoms with Gasteiger partial charge in [0.15, 0.2) is 0 Å². The second kappa shape index (κ2) is 7.32. The number of nitrogens with zero attached hydrogens (tertiary/aromatic N) is 2. The Bertz CT molecular complexity index is 1080. The van der Waals surface area contributed by atoms with E-state index in [1.54, 1.807) is 38.2 Å². The first-order valence-electron chi connectivity index (χ1n) is 8.45. The molecule has 0 aliphatic rings. The monoisotopic (exact) mass is 384 g/mol. The minimum atomic E-state index is -0.295. The van der Waals surface area contributed by atoms with Crippen molar-refractivity contribution >= 4 is 44.7 Å². The second-order valence-corrected chi connectivity index (χ2v) is 7.57. The third-order valence-electron chi connectivity index (χ3n) is 4.15. The Balaban J connectivity index is 1.81. The first-order valence-corrected chi connectivity index (χ1v) is 9.26. The molecule has 2 amide bonds. The van der Waals surface area contributed by atoms with Crippen LogP contribution in [0.1, 0.15) is 29.1 Å². The molecule has 0 bridgehead atoms. The van der Waals surface area contributed by atoms with Gasteiger partial charge in [0.25, 0.3) is 11.5 Å². The van der Waals surface area contributed by atoms with Crippen LogP contribution in [0.4, 0.5) is 11.4 Å². The molecule has 0 spiro atoms. The first-order chi connectivity index (χ1) is 12.8. The van der Waals surface area contributed by atoms with Crippen LogP contribution in [0, 0.1) is 12.8 Å². The van der Waals surface area contributed by atoms with Crippen molar-refractivity contribution in [2.24, 2.45) is 13.0 Å². The molecule has 3 aromatic rings. The highest BCUT2D eigenvalue weighted by Gasteiger charge is 2.19. The summed E-state index contributed by atoms with van der Waals surface area (Å²) in [5, 5.41) is 6.09. The van der Waals surface area contributed by atoms with Crippen LogP contribution in [0.2, 0.25) is 0 Å². The van der Waals surface area contributed by atoms with E-state index in [9.17, 15) is 14.4 Å². The van der Waals surface area contributed by atoms with Gasteiger partial charge in [-0.3, -0.25) is 14.4 Å². The summed E-state index contributed by atoms with van der Waals surface area (Å²) in [7, 11) is 1.63. The number of aromatic nitrogens is 2. The summed E-state index contributed by atoms with van der Waals surface area (Å²) in [6.07, 6.45) is 1.45. The third kappa shape index (κ3) is 3.75. The average molecular weight is 384 g/mol.